The Morgan fingerprint density at radius 1 is 1.21 bits per heavy atom. The number of unbranched alkanes of at least 4 members (excludes halogenated alkanes) is 1. The van der Waals surface area contributed by atoms with Crippen LogP contribution >= 0.6 is 48.8 Å². The molecule has 19 heavy (non-hydrogen) atoms. The van der Waals surface area contributed by atoms with Crippen LogP contribution in [0.4, 0.5) is 0 Å². The molecule has 1 N–H and O–H groups in total. The van der Waals surface area contributed by atoms with E-state index in [1.54, 1.807) is 0 Å². The zero-order chi connectivity index (χ0) is 14.7. The normalized spacial score (nSPS) is 14.1. The summed E-state index contributed by atoms with van der Waals surface area (Å²) >= 11 is 10.9. The molecular formula is C12H22O3S4. The van der Waals surface area contributed by atoms with Gasteiger partial charge in [-0.15, -0.1) is 12.6 Å². The lowest BCUT2D eigenvalue weighted by molar-refractivity contribution is -0.119. The predicted molar refractivity (Wildman–Crippen MR) is 91.5 cm³/mol. The van der Waals surface area contributed by atoms with Gasteiger partial charge >= 0.3 is 0 Å². The highest BCUT2D eigenvalue weighted by Crippen LogP contribution is 2.33. The molecule has 0 aliphatic carbocycles. The highest BCUT2D eigenvalue weighted by Gasteiger charge is 2.25. The van der Waals surface area contributed by atoms with Crippen molar-refractivity contribution in [1.29, 1.82) is 0 Å². The second-order valence-corrected chi connectivity index (χ2v) is 8.26. The van der Waals surface area contributed by atoms with Gasteiger partial charge in [0.15, 0.2) is 9.38 Å². The zero-order valence-electron chi connectivity index (χ0n) is 11.1. The molecule has 0 aliphatic rings. The summed E-state index contributed by atoms with van der Waals surface area (Å²) in [5.41, 5.74) is 0. The van der Waals surface area contributed by atoms with Crippen LogP contribution < -0.4 is 0 Å². The summed E-state index contributed by atoms with van der Waals surface area (Å²) in [6.07, 6.45) is 2.68. The van der Waals surface area contributed by atoms with E-state index in [9.17, 15) is 14.7 Å². The minimum absolute atomic E-state index is 0.0159. The first kappa shape index (κ1) is 19.7. The van der Waals surface area contributed by atoms with Gasteiger partial charge in [0.1, 0.15) is 5.78 Å². The van der Waals surface area contributed by atoms with Gasteiger partial charge in [-0.2, -0.15) is 24.4 Å². The minimum atomic E-state index is -1.32. The summed E-state index contributed by atoms with van der Waals surface area (Å²) in [4.78, 5) is 22.3. The fourth-order valence-corrected chi connectivity index (χ4v) is 3.70. The highest BCUT2D eigenvalue weighted by atomic mass is 32.2. The van der Waals surface area contributed by atoms with Crippen molar-refractivity contribution in [2.45, 2.75) is 43.3 Å². The summed E-state index contributed by atoms with van der Waals surface area (Å²) in [7, 11) is 0. The number of thiol groups is 2. The maximum absolute atomic E-state index is 11.5. The van der Waals surface area contributed by atoms with Crippen molar-refractivity contribution in [3.05, 3.63) is 0 Å². The third-order valence-electron chi connectivity index (χ3n) is 2.24. The molecule has 0 fully saturated rings. The number of carbonyl (C=O) groups excluding carboxylic acids is 2. The van der Waals surface area contributed by atoms with Crippen LogP contribution in [0.1, 0.15) is 39.0 Å². The Morgan fingerprint density at radius 2 is 1.89 bits per heavy atom. The van der Waals surface area contributed by atoms with Crippen molar-refractivity contribution in [2.75, 3.05) is 17.3 Å². The molecule has 0 spiro atoms. The molecule has 0 saturated carbocycles. The lowest BCUT2D eigenvalue weighted by Gasteiger charge is -2.20. The average Bonchev–Trinajstić information content (AvgIpc) is 2.30. The molecule has 0 rings (SSSR count). The van der Waals surface area contributed by atoms with Crippen molar-refractivity contribution in [3.8, 4) is 0 Å². The topological polar surface area (TPSA) is 54.4 Å². The molecule has 0 aromatic carbocycles. The van der Waals surface area contributed by atoms with Gasteiger partial charge in [0.05, 0.1) is 0 Å². The van der Waals surface area contributed by atoms with Gasteiger partial charge < -0.3 is 9.90 Å². The number of ketones is 1. The van der Waals surface area contributed by atoms with Gasteiger partial charge in [-0.1, -0.05) is 0 Å². The Labute approximate surface area is 134 Å². The smallest absolute Gasteiger partial charge is 0.192 e. The Kier molecular flexibility index (Phi) is 11.8. The Bertz CT molecular complexity index is 282. The Morgan fingerprint density at radius 3 is 2.47 bits per heavy atom. The van der Waals surface area contributed by atoms with Crippen molar-refractivity contribution in [1.82, 2.24) is 0 Å². The van der Waals surface area contributed by atoms with E-state index >= 15 is 0 Å². The summed E-state index contributed by atoms with van der Waals surface area (Å²) in [5.74, 6) is 2.93. The fraction of sp³-hybridized carbons (Fsp3) is 0.833. The van der Waals surface area contributed by atoms with E-state index in [0.29, 0.717) is 6.42 Å². The van der Waals surface area contributed by atoms with E-state index in [1.165, 1.54) is 6.92 Å². The molecule has 0 bridgehead atoms. The van der Waals surface area contributed by atoms with E-state index in [2.05, 4.69) is 25.3 Å². The number of Topliss-reactive ketones (excluding diaryl/α,β-unsaturated/α-hetero) is 1. The lowest BCUT2D eigenvalue weighted by Crippen LogP contribution is -2.18. The number of carbonyl (C=O) groups is 2. The number of hydrogen-bond acceptors (Lipinski definition) is 7. The summed E-state index contributed by atoms with van der Waals surface area (Å²) in [6, 6.07) is 0. The molecule has 0 aliphatic heterocycles. The lowest BCUT2D eigenvalue weighted by atomic mass is 10.2. The van der Waals surface area contributed by atoms with Crippen LogP contribution in [-0.2, 0) is 9.59 Å². The van der Waals surface area contributed by atoms with Crippen molar-refractivity contribution >= 4 is 59.7 Å². The molecule has 1 atom stereocenters. The third kappa shape index (κ3) is 13.4. The predicted octanol–water partition coefficient (Wildman–Crippen LogP) is 3.02. The molecule has 0 heterocycles. The SMILES string of the molecule is CC(=O)CCC(=O)SC(O)(S)CCCCSCCS. The van der Waals surface area contributed by atoms with E-state index in [-0.39, 0.29) is 23.7 Å². The molecule has 0 amide bonds. The molecule has 112 valence electrons. The number of thioether (sulfide) groups is 2. The summed E-state index contributed by atoms with van der Waals surface area (Å²) in [5, 5.41) is 9.77. The quantitative estimate of drug-likeness (QED) is 0.306. The van der Waals surface area contributed by atoms with Crippen molar-refractivity contribution in [3.63, 3.8) is 0 Å². The van der Waals surface area contributed by atoms with E-state index in [4.69, 9.17) is 0 Å². The van der Waals surface area contributed by atoms with Crippen LogP contribution in [0.25, 0.3) is 0 Å². The summed E-state index contributed by atoms with van der Waals surface area (Å²) < 4.78 is -1.32. The molecule has 0 aromatic heterocycles. The number of aliphatic hydroxyl groups is 1. The second kappa shape index (κ2) is 11.4. The number of rotatable bonds is 11. The first-order chi connectivity index (χ1) is 8.87. The third-order valence-corrected chi connectivity index (χ3v) is 5.29. The van der Waals surface area contributed by atoms with Crippen LogP contribution in [-0.4, -0.2) is 37.5 Å². The maximum atomic E-state index is 11.5. The molecule has 7 heteroatoms. The molecule has 3 nitrogen and oxygen atoms in total. The van der Waals surface area contributed by atoms with Crippen LogP contribution in [0.5, 0.6) is 0 Å². The van der Waals surface area contributed by atoms with Crippen LogP contribution in [0, 0.1) is 0 Å². The molecule has 1 unspecified atom stereocenters. The molecule has 0 saturated heterocycles. The van der Waals surface area contributed by atoms with Crippen molar-refractivity contribution in [2.24, 2.45) is 0 Å². The second-order valence-electron chi connectivity index (χ2n) is 4.21. The standard InChI is InChI=1S/C12H22O3S4/c1-10(13)4-5-11(14)19-12(15,17)6-2-3-8-18-9-7-16/h15-17H,2-9H2,1H3. The van der Waals surface area contributed by atoms with Gasteiger partial charge in [0.25, 0.3) is 0 Å². The van der Waals surface area contributed by atoms with Gasteiger partial charge in [-0.3, -0.25) is 4.79 Å². The zero-order valence-corrected chi connectivity index (χ0v) is 14.6. The van der Waals surface area contributed by atoms with Crippen LogP contribution in [0.3, 0.4) is 0 Å². The van der Waals surface area contributed by atoms with E-state index in [1.807, 2.05) is 11.8 Å². The van der Waals surface area contributed by atoms with E-state index in [0.717, 1.165) is 41.9 Å². The molecular weight excluding hydrogens is 320 g/mol. The van der Waals surface area contributed by atoms with E-state index < -0.39 is 4.27 Å². The molecule has 0 aromatic rings. The molecule has 0 radical (unpaired) electrons. The van der Waals surface area contributed by atoms with Crippen LogP contribution in [0.2, 0.25) is 0 Å². The van der Waals surface area contributed by atoms with Gasteiger partial charge in [-0.05, 0) is 49.5 Å². The average molecular weight is 343 g/mol. The van der Waals surface area contributed by atoms with Gasteiger partial charge in [-0.25, -0.2) is 0 Å². The summed E-state index contributed by atoms with van der Waals surface area (Å²) in [6.45, 7) is 1.45. The Balaban J connectivity index is 3.72. The first-order valence-corrected chi connectivity index (χ1v) is 9.27. The maximum Gasteiger partial charge on any atom is 0.192 e. The van der Waals surface area contributed by atoms with Gasteiger partial charge in [0, 0.05) is 18.6 Å². The van der Waals surface area contributed by atoms with Crippen LogP contribution in [0.15, 0.2) is 0 Å². The minimum Gasteiger partial charge on any atom is -0.370 e. The first-order valence-electron chi connectivity index (χ1n) is 6.22. The number of hydrogen-bond donors (Lipinski definition) is 3. The monoisotopic (exact) mass is 342 g/mol. The van der Waals surface area contributed by atoms with Crippen molar-refractivity contribution < 1.29 is 14.7 Å². The Hall–Kier alpha value is 0.700. The largest absolute Gasteiger partial charge is 0.370 e. The van der Waals surface area contributed by atoms with Gasteiger partial charge in [0.2, 0.25) is 0 Å². The highest BCUT2D eigenvalue weighted by molar-refractivity contribution is 8.21. The fourth-order valence-electron chi connectivity index (χ4n) is 1.29.